The van der Waals surface area contributed by atoms with Gasteiger partial charge in [-0.05, 0) is 29.9 Å². The molecular weight excluding hydrogens is 204 g/mol. The minimum absolute atomic E-state index is 0.495. The van der Waals surface area contributed by atoms with E-state index in [4.69, 9.17) is 11.0 Å². The Balaban J connectivity index is 2.75. The highest BCUT2D eigenvalue weighted by molar-refractivity contribution is 7.99. The summed E-state index contributed by atoms with van der Waals surface area (Å²) in [5.41, 5.74) is 7.30. The van der Waals surface area contributed by atoms with Crippen LogP contribution in [0.4, 0.5) is 0 Å². The van der Waals surface area contributed by atoms with Crippen molar-refractivity contribution < 1.29 is 0 Å². The minimum atomic E-state index is 0.495. The van der Waals surface area contributed by atoms with E-state index in [1.54, 1.807) is 11.8 Å². The van der Waals surface area contributed by atoms with Gasteiger partial charge in [0.05, 0.1) is 5.56 Å². The molecule has 0 fully saturated rings. The van der Waals surface area contributed by atoms with Crippen LogP contribution < -0.4 is 5.73 Å². The third kappa shape index (κ3) is 3.58. The fourth-order valence-corrected chi connectivity index (χ4v) is 2.32. The Morgan fingerprint density at radius 3 is 2.87 bits per heavy atom. The van der Waals surface area contributed by atoms with Gasteiger partial charge >= 0.3 is 0 Å². The highest BCUT2D eigenvalue weighted by atomic mass is 32.2. The Bertz CT molecular complexity index is 355. The molecule has 0 aliphatic heterocycles. The Morgan fingerprint density at radius 2 is 2.27 bits per heavy atom. The second-order valence-electron chi connectivity index (χ2n) is 3.35. The smallest absolute Gasteiger partial charge is 0.100 e. The number of thioether (sulfide) groups is 1. The van der Waals surface area contributed by atoms with Crippen LogP contribution in [0.1, 0.15) is 30.9 Å². The molecule has 0 spiro atoms. The molecule has 0 saturated heterocycles. The quantitative estimate of drug-likeness (QED) is 0.613. The van der Waals surface area contributed by atoms with Crippen LogP contribution in [0, 0.1) is 11.3 Å². The van der Waals surface area contributed by atoms with Gasteiger partial charge in [-0.2, -0.15) is 5.26 Å². The van der Waals surface area contributed by atoms with Gasteiger partial charge in [-0.3, -0.25) is 0 Å². The van der Waals surface area contributed by atoms with Gasteiger partial charge in [0.1, 0.15) is 6.07 Å². The Kier molecular flexibility index (Phi) is 5.23. The topological polar surface area (TPSA) is 49.8 Å². The maximum absolute atomic E-state index is 8.99. The molecule has 0 atom stereocenters. The number of unbranched alkanes of at least 4 members (excludes halogenated alkanes) is 1. The lowest BCUT2D eigenvalue weighted by Gasteiger charge is -2.05. The molecule has 0 saturated carbocycles. The second kappa shape index (κ2) is 6.49. The molecule has 0 unspecified atom stereocenters. The Hall–Kier alpha value is -0.980. The van der Waals surface area contributed by atoms with Gasteiger partial charge in [-0.15, -0.1) is 11.8 Å². The van der Waals surface area contributed by atoms with E-state index < -0.39 is 0 Å². The molecule has 0 radical (unpaired) electrons. The van der Waals surface area contributed by atoms with Crippen molar-refractivity contribution in [1.29, 1.82) is 5.26 Å². The van der Waals surface area contributed by atoms with Gasteiger partial charge in [0.2, 0.25) is 0 Å². The summed E-state index contributed by atoms with van der Waals surface area (Å²) in [5, 5.41) is 8.99. The lowest BCUT2D eigenvalue weighted by Crippen LogP contribution is -1.97. The first kappa shape index (κ1) is 12.1. The van der Waals surface area contributed by atoms with Gasteiger partial charge in [-0.25, -0.2) is 0 Å². The summed E-state index contributed by atoms with van der Waals surface area (Å²) in [7, 11) is 0. The SMILES string of the molecule is CCCCSc1ccc(CN)cc1C#N. The van der Waals surface area contributed by atoms with Gasteiger partial charge in [0.15, 0.2) is 0 Å². The van der Waals surface area contributed by atoms with Crippen LogP contribution >= 0.6 is 11.8 Å². The Morgan fingerprint density at radius 1 is 1.47 bits per heavy atom. The number of hydrogen-bond acceptors (Lipinski definition) is 3. The molecule has 3 heteroatoms. The predicted molar refractivity (Wildman–Crippen MR) is 64.7 cm³/mol. The lowest BCUT2D eigenvalue weighted by molar-refractivity contribution is 0.896. The monoisotopic (exact) mass is 220 g/mol. The summed E-state index contributed by atoms with van der Waals surface area (Å²) < 4.78 is 0. The summed E-state index contributed by atoms with van der Waals surface area (Å²) in [4.78, 5) is 1.07. The maximum atomic E-state index is 8.99. The third-order valence-electron chi connectivity index (χ3n) is 2.16. The van der Waals surface area contributed by atoms with Gasteiger partial charge < -0.3 is 5.73 Å². The summed E-state index contributed by atoms with van der Waals surface area (Å²) in [6.07, 6.45) is 2.38. The summed E-state index contributed by atoms with van der Waals surface area (Å²) in [5.74, 6) is 1.08. The molecule has 2 N–H and O–H groups in total. The molecule has 0 aromatic heterocycles. The van der Waals surface area contributed by atoms with Crippen molar-refractivity contribution in [3.05, 3.63) is 29.3 Å². The molecular formula is C12H16N2S. The molecule has 0 aliphatic carbocycles. The lowest BCUT2D eigenvalue weighted by atomic mass is 10.1. The Labute approximate surface area is 95.5 Å². The first-order chi connectivity index (χ1) is 7.31. The number of rotatable bonds is 5. The van der Waals surface area contributed by atoms with Crippen LogP contribution in [-0.4, -0.2) is 5.75 Å². The molecule has 2 nitrogen and oxygen atoms in total. The highest BCUT2D eigenvalue weighted by Gasteiger charge is 2.03. The van der Waals surface area contributed by atoms with Crippen LogP contribution in [0.2, 0.25) is 0 Å². The molecule has 15 heavy (non-hydrogen) atoms. The van der Waals surface area contributed by atoms with Crippen molar-refractivity contribution >= 4 is 11.8 Å². The molecule has 0 aliphatic rings. The van der Waals surface area contributed by atoms with E-state index in [1.165, 1.54) is 12.8 Å². The number of benzene rings is 1. The molecule has 1 rings (SSSR count). The second-order valence-corrected chi connectivity index (χ2v) is 4.49. The van der Waals surface area contributed by atoms with E-state index in [0.29, 0.717) is 6.54 Å². The normalized spacial score (nSPS) is 9.93. The first-order valence-electron chi connectivity index (χ1n) is 5.17. The highest BCUT2D eigenvalue weighted by Crippen LogP contribution is 2.24. The fraction of sp³-hybridized carbons (Fsp3) is 0.417. The van der Waals surface area contributed by atoms with Gasteiger partial charge in [0, 0.05) is 11.4 Å². The van der Waals surface area contributed by atoms with E-state index in [-0.39, 0.29) is 0 Å². The van der Waals surface area contributed by atoms with Crippen molar-refractivity contribution in [1.82, 2.24) is 0 Å². The van der Waals surface area contributed by atoms with E-state index >= 15 is 0 Å². The molecule has 80 valence electrons. The maximum Gasteiger partial charge on any atom is 0.100 e. The van der Waals surface area contributed by atoms with Crippen molar-refractivity contribution in [2.45, 2.75) is 31.2 Å². The predicted octanol–water partition coefficient (Wildman–Crippen LogP) is 2.91. The van der Waals surface area contributed by atoms with Gasteiger partial charge in [0.25, 0.3) is 0 Å². The molecule has 1 aromatic rings. The largest absolute Gasteiger partial charge is 0.326 e. The summed E-state index contributed by atoms with van der Waals surface area (Å²) >= 11 is 1.75. The van der Waals surface area contributed by atoms with E-state index in [1.807, 2.05) is 18.2 Å². The van der Waals surface area contributed by atoms with E-state index in [2.05, 4.69) is 13.0 Å². The standard InChI is InChI=1S/C12H16N2S/c1-2-3-6-15-12-5-4-10(8-13)7-11(12)9-14/h4-5,7H,2-3,6,8,13H2,1H3. The zero-order valence-electron chi connectivity index (χ0n) is 8.99. The summed E-state index contributed by atoms with van der Waals surface area (Å²) in [6, 6.07) is 8.10. The third-order valence-corrected chi connectivity index (χ3v) is 3.32. The first-order valence-corrected chi connectivity index (χ1v) is 6.16. The number of nitriles is 1. The van der Waals surface area contributed by atoms with Crippen molar-refractivity contribution in [3.63, 3.8) is 0 Å². The molecule has 0 heterocycles. The van der Waals surface area contributed by atoms with E-state index in [0.717, 1.165) is 21.8 Å². The number of nitrogens with two attached hydrogens (primary N) is 1. The van der Waals surface area contributed by atoms with Crippen molar-refractivity contribution in [2.75, 3.05) is 5.75 Å². The zero-order valence-corrected chi connectivity index (χ0v) is 9.81. The molecule has 0 bridgehead atoms. The molecule has 0 amide bonds. The average Bonchev–Trinajstić information content (AvgIpc) is 2.29. The van der Waals surface area contributed by atoms with E-state index in [9.17, 15) is 0 Å². The summed E-state index contributed by atoms with van der Waals surface area (Å²) in [6.45, 7) is 2.66. The number of nitrogens with zero attached hydrogens (tertiary/aromatic N) is 1. The van der Waals surface area contributed by atoms with Crippen molar-refractivity contribution in [2.24, 2.45) is 5.73 Å². The average molecular weight is 220 g/mol. The minimum Gasteiger partial charge on any atom is -0.326 e. The van der Waals surface area contributed by atoms with Crippen LogP contribution in [0.3, 0.4) is 0 Å². The fourth-order valence-electron chi connectivity index (χ4n) is 1.24. The van der Waals surface area contributed by atoms with Gasteiger partial charge in [-0.1, -0.05) is 19.4 Å². The van der Waals surface area contributed by atoms with Crippen LogP contribution in [0.25, 0.3) is 0 Å². The van der Waals surface area contributed by atoms with Crippen LogP contribution in [0.15, 0.2) is 23.1 Å². The van der Waals surface area contributed by atoms with Crippen LogP contribution in [-0.2, 0) is 6.54 Å². The number of hydrogen-bond donors (Lipinski definition) is 1. The zero-order chi connectivity index (χ0) is 11.1. The molecule has 1 aromatic carbocycles. The van der Waals surface area contributed by atoms with Crippen LogP contribution in [0.5, 0.6) is 0 Å². The van der Waals surface area contributed by atoms with Crippen molar-refractivity contribution in [3.8, 4) is 6.07 Å².